The molecule has 1 aliphatic rings. The first-order valence-electron chi connectivity index (χ1n) is 5.64. The fourth-order valence-corrected chi connectivity index (χ4v) is 1.49. The Balaban J connectivity index is 2.23. The first-order valence-corrected chi connectivity index (χ1v) is 5.64. The van der Waals surface area contributed by atoms with Gasteiger partial charge in [-0.05, 0) is 13.8 Å². The molecule has 0 aromatic heterocycles. The Morgan fingerprint density at radius 1 is 1.50 bits per heavy atom. The van der Waals surface area contributed by atoms with Gasteiger partial charge in [-0.15, -0.1) is 0 Å². The molecule has 1 aliphatic heterocycles. The molecule has 0 unspecified atom stereocenters. The van der Waals surface area contributed by atoms with Gasteiger partial charge in [0.25, 0.3) is 0 Å². The minimum atomic E-state index is -0.487. The van der Waals surface area contributed by atoms with Gasteiger partial charge < -0.3 is 10.6 Å². The molecule has 1 amide bonds. The van der Waals surface area contributed by atoms with Crippen LogP contribution < -0.4 is 10.6 Å². The zero-order valence-corrected chi connectivity index (χ0v) is 10.0. The van der Waals surface area contributed by atoms with Crippen LogP contribution >= 0.6 is 0 Å². The summed E-state index contributed by atoms with van der Waals surface area (Å²) in [5.41, 5.74) is -0.487. The second-order valence-electron chi connectivity index (χ2n) is 4.80. The zero-order chi connectivity index (χ0) is 12.0. The molecule has 0 bridgehead atoms. The molecule has 5 heteroatoms. The van der Waals surface area contributed by atoms with Crippen molar-refractivity contribution in [2.24, 2.45) is 5.41 Å². The molecule has 2 N–H and O–H groups in total. The second-order valence-corrected chi connectivity index (χ2v) is 4.80. The number of hydrogen-bond donors (Lipinski definition) is 2. The highest BCUT2D eigenvalue weighted by Gasteiger charge is 2.19. The lowest BCUT2D eigenvalue weighted by Crippen LogP contribution is -2.48. The molecule has 5 nitrogen and oxygen atoms in total. The Bertz CT molecular complexity index is 276. The van der Waals surface area contributed by atoms with Crippen LogP contribution in [-0.2, 0) is 4.79 Å². The van der Waals surface area contributed by atoms with Crippen molar-refractivity contribution in [2.75, 3.05) is 39.3 Å². The summed E-state index contributed by atoms with van der Waals surface area (Å²) in [6.45, 7) is 8.19. The summed E-state index contributed by atoms with van der Waals surface area (Å²) in [7, 11) is 0. The standard InChI is InChI=1S/C11H20N4O/c1-11(2,8-12)9-14-10(16)7-15-5-3-13-4-6-15/h13H,3-7,9H2,1-2H3,(H,14,16). The normalized spacial score (nSPS) is 17.8. The number of amides is 1. The van der Waals surface area contributed by atoms with Gasteiger partial charge in [0, 0.05) is 32.7 Å². The summed E-state index contributed by atoms with van der Waals surface area (Å²) in [5, 5.41) is 14.8. The van der Waals surface area contributed by atoms with Gasteiger partial charge >= 0.3 is 0 Å². The van der Waals surface area contributed by atoms with Crippen molar-refractivity contribution in [3.05, 3.63) is 0 Å². The zero-order valence-electron chi connectivity index (χ0n) is 10.0. The number of nitriles is 1. The minimum Gasteiger partial charge on any atom is -0.353 e. The number of rotatable bonds is 4. The highest BCUT2D eigenvalue weighted by atomic mass is 16.2. The summed E-state index contributed by atoms with van der Waals surface area (Å²) in [6.07, 6.45) is 0. The summed E-state index contributed by atoms with van der Waals surface area (Å²) >= 11 is 0. The minimum absolute atomic E-state index is 0.00484. The van der Waals surface area contributed by atoms with Crippen molar-refractivity contribution in [2.45, 2.75) is 13.8 Å². The Labute approximate surface area is 96.8 Å². The van der Waals surface area contributed by atoms with Gasteiger partial charge in [-0.2, -0.15) is 5.26 Å². The molecule has 1 heterocycles. The Hall–Kier alpha value is -1.12. The predicted octanol–water partition coefficient (Wildman–Crippen LogP) is -0.442. The van der Waals surface area contributed by atoms with E-state index in [1.807, 2.05) is 13.8 Å². The monoisotopic (exact) mass is 224 g/mol. The van der Waals surface area contributed by atoms with Crippen molar-refractivity contribution >= 4 is 5.91 Å². The highest BCUT2D eigenvalue weighted by molar-refractivity contribution is 5.78. The molecular weight excluding hydrogens is 204 g/mol. The van der Waals surface area contributed by atoms with Crippen LogP contribution in [0.25, 0.3) is 0 Å². The van der Waals surface area contributed by atoms with Crippen LogP contribution in [0.2, 0.25) is 0 Å². The van der Waals surface area contributed by atoms with E-state index in [0.29, 0.717) is 13.1 Å². The van der Waals surface area contributed by atoms with E-state index in [1.165, 1.54) is 0 Å². The van der Waals surface area contributed by atoms with Gasteiger partial charge in [0.2, 0.25) is 5.91 Å². The van der Waals surface area contributed by atoms with Gasteiger partial charge in [0.05, 0.1) is 18.0 Å². The molecule has 0 spiro atoms. The molecule has 16 heavy (non-hydrogen) atoms. The van der Waals surface area contributed by atoms with Gasteiger partial charge in [-0.3, -0.25) is 9.69 Å². The SMILES string of the molecule is CC(C)(C#N)CNC(=O)CN1CCNCC1. The lowest BCUT2D eigenvalue weighted by atomic mass is 9.96. The number of nitrogens with one attached hydrogen (secondary N) is 2. The topological polar surface area (TPSA) is 68.2 Å². The Morgan fingerprint density at radius 3 is 2.69 bits per heavy atom. The average molecular weight is 224 g/mol. The third kappa shape index (κ3) is 4.60. The highest BCUT2D eigenvalue weighted by Crippen LogP contribution is 2.10. The van der Waals surface area contributed by atoms with Gasteiger partial charge in [0.15, 0.2) is 0 Å². The van der Waals surface area contributed by atoms with Crippen molar-refractivity contribution in [1.29, 1.82) is 5.26 Å². The van der Waals surface area contributed by atoms with E-state index in [-0.39, 0.29) is 5.91 Å². The molecule has 1 saturated heterocycles. The number of nitrogens with zero attached hydrogens (tertiary/aromatic N) is 2. The Kier molecular flexibility index (Phi) is 4.71. The van der Waals surface area contributed by atoms with Crippen molar-refractivity contribution in [1.82, 2.24) is 15.5 Å². The number of carbonyl (C=O) groups is 1. The molecule has 0 radical (unpaired) electrons. The fraction of sp³-hybridized carbons (Fsp3) is 0.818. The second kappa shape index (κ2) is 5.83. The predicted molar refractivity (Wildman–Crippen MR) is 61.7 cm³/mol. The maximum absolute atomic E-state index is 11.6. The van der Waals surface area contributed by atoms with E-state index in [1.54, 1.807) is 0 Å². The van der Waals surface area contributed by atoms with E-state index in [0.717, 1.165) is 26.2 Å². The third-order valence-corrected chi connectivity index (χ3v) is 2.61. The lowest BCUT2D eigenvalue weighted by molar-refractivity contribution is -0.122. The molecule has 0 atom stereocenters. The first kappa shape index (κ1) is 12.9. The molecule has 1 rings (SSSR count). The van der Waals surface area contributed by atoms with E-state index in [2.05, 4.69) is 21.6 Å². The van der Waals surface area contributed by atoms with Crippen LogP contribution in [0.4, 0.5) is 0 Å². The van der Waals surface area contributed by atoms with Crippen LogP contribution in [0.15, 0.2) is 0 Å². The molecule has 0 saturated carbocycles. The van der Waals surface area contributed by atoms with Crippen LogP contribution in [0.5, 0.6) is 0 Å². The summed E-state index contributed by atoms with van der Waals surface area (Å²) in [5.74, 6) is 0.00484. The van der Waals surface area contributed by atoms with Crippen LogP contribution in [0, 0.1) is 16.7 Å². The molecule has 0 aromatic carbocycles. The molecule has 0 aliphatic carbocycles. The van der Waals surface area contributed by atoms with E-state index in [4.69, 9.17) is 5.26 Å². The van der Waals surface area contributed by atoms with Crippen molar-refractivity contribution in [3.8, 4) is 6.07 Å². The van der Waals surface area contributed by atoms with Crippen molar-refractivity contribution < 1.29 is 4.79 Å². The van der Waals surface area contributed by atoms with Crippen LogP contribution in [-0.4, -0.2) is 50.1 Å². The number of hydrogen-bond acceptors (Lipinski definition) is 4. The summed E-state index contributed by atoms with van der Waals surface area (Å²) < 4.78 is 0. The van der Waals surface area contributed by atoms with Gasteiger partial charge in [-0.1, -0.05) is 0 Å². The molecule has 0 aromatic rings. The fourth-order valence-electron chi connectivity index (χ4n) is 1.49. The molecule has 1 fully saturated rings. The number of piperazine rings is 1. The smallest absolute Gasteiger partial charge is 0.234 e. The van der Waals surface area contributed by atoms with Crippen molar-refractivity contribution in [3.63, 3.8) is 0 Å². The third-order valence-electron chi connectivity index (χ3n) is 2.61. The Morgan fingerprint density at radius 2 is 2.12 bits per heavy atom. The van der Waals surface area contributed by atoms with Crippen LogP contribution in [0.1, 0.15) is 13.8 Å². The molecular formula is C11H20N4O. The first-order chi connectivity index (χ1) is 7.53. The number of carbonyl (C=O) groups excluding carboxylic acids is 1. The van der Waals surface area contributed by atoms with Gasteiger partial charge in [0.1, 0.15) is 0 Å². The van der Waals surface area contributed by atoms with E-state index in [9.17, 15) is 4.79 Å². The summed E-state index contributed by atoms with van der Waals surface area (Å²) in [4.78, 5) is 13.7. The van der Waals surface area contributed by atoms with Gasteiger partial charge in [-0.25, -0.2) is 0 Å². The largest absolute Gasteiger partial charge is 0.353 e. The summed E-state index contributed by atoms with van der Waals surface area (Å²) in [6, 6.07) is 2.16. The molecule has 90 valence electrons. The van der Waals surface area contributed by atoms with Crippen LogP contribution in [0.3, 0.4) is 0 Å². The lowest BCUT2D eigenvalue weighted by Gasteiger charge is -2.27. The maximum atomic E-state index is 11.6. The quantitative estimate of drug-likeness (QED) is 0.679. The average Bonchev–Trinajstić information content (AvgIpc) is 2.28. The maximum Gasteiger partial charge on any atom is 0.234 e. The van der Waals surface area contributed by atoms with E-state index >= 15 is 0 Å². The van der Waals surface area contributed by atoms with E-state index < -0.39 is 5.41 Å².